The van der Waals surface area contributed by atoms with E-state index in [9.17, 15) is 0 Å². The van der Waals surface area contributed by atoms with Crippen LogP contribution in [-0.2, 0) is 0 Å². The lowest BCUT2D eigenvalue weighted by Gasteiger charge is -2.25. The van der Waals surface area contributed by atoms with Crippen LogP contribution in [0.1, 0.15) is 31.2 Å². The third-order valence-corrected chi connectivity index (χ3v) is 4.30. The Hall–Kier alpha value is -1.40. The van der Waals surface area contributed by atoms with Crippen LogP contribution >= 0.6 is 12.1 Å². The Labute approximate surface area is 117 Å². The maximum atomic E-state index is 6.31. The largest absolute Gasteiger partial charge is 0.491 e. The second kappa shape index (κ2) is 4.94. The van der Waals surface area contributed by atoms with Gasteiger partial charge >= 0.3 is 0 Å². The highest BCUT2D eigenvalue weighted by Gasteiger charge is 2.30. The summed E-state index contributed by atoms with van der Waals surface area (Å²) in [5.41, 5.74) is 13.8. The number of hydrogen-bond acceptors (Lipinski definition) is 6. The summed E-state index contributed by atoms with van der Waals surface area (Å²) in [5.74, 6) is 1.25. The van der Waals surface area contributed by atoms with Gasteiger partial charge in [0, 0.05) is 0 Å². The quantitative estimate of drug-likeness (QED) is 0.737. The van der Waals surface area contributed by atoms with E-state index in [1.54, 1.807) is 0 Å². The Morgan fingerprint density at radius 1 is 1.37 bits per heavy atom. The van der Waals surface area contributed by atoms with Crippen LogP contribution in [-0.4, -0.2) is 18.0 Å². The maximum absolute atomic E-state index is 6.31. The Kier molecular flexibility index (Phi) is 3.28. The molecule has 1 heterocycles. The lowest BCUT2D eigenvalue weighted by atomic mass is 10.0. The minimum Gasteiger partial charge on any atom is -0.491 e. The number of nitrogens with zero attached hydrogens (tertiary/aromatic N) is 1. The van der Waals surface area contributed by atoms with E-state index in [1.165, 1.54) is 25.0 Å². The molecule has 1 fully saturated rings. The minimum absolute atomic E-state index is 0.189. The monoisotopic (exact) mass is 278 g/mol. The lowest BCUT2D eigenvalue weighted by Crippen LogP contribution is -2.42. The van der Waals surface area contributed by atoms with Crippen LogP contribution < -0.4 is 20.9 Å². The molecule has 1 aromatic carbocycles. The highest BCUT2D eigenvalue weighted by molar-refractivity contribution is 7.99. The average molecular weight is 278 g/mol. The van der Waals surface area contributed by atoms with Crippen LogP contribution in [0.3, 0.4) is 0 Å². The van der Waals surface area contributed by atoms with Gasteiger partial charge in [-0.2, -0.15) is 4.40 Å². The van der Waals surface area contributed by atoms with Crippen molar-refractivity contribution in [1.82, 2.24) is 0 Å². The third-order valence-electron chi connectivity index (χ3n) is 3.70. The molecule has 0 spiro atoms. The van der Waals surface area contributed by atoms with Gasteiger partial charge in [-0.1, -0.05) is 18.9 Å². The Morgan fingerprint density at radius 3 is 2.95 bits per heavy atom. The minimum atomic E-state index is -0.189. The summed E-state index contributed by atoms with van der Waals surface area (Å²) < 4.78 is 13.2. The highest BCUT2D eigenvalue weighted by Crippen LogP contribution is 2.34. The van der Waals surface area contributed by atoms with E-state index < -0.39 is 0 Å². The molecule has 0 radical (unpaired) electrons. The van der Waals surface area contributed by atoms with Gasteiger partial charge in [-0.15, -0.1) is 0 Å². The van der Waals surface area contributed by atoms with Crippen molar-refractivity contribution in [3.05, 3.63) is 23.8 Å². The fourth-order valence-electron chi connectivity index (χ4n) is 2.61. The molecule has 102 valence electrons. The van der Waals surface area contributed by atoms with Crippen LogP contribution in [0.4, 0.5) is 5.69 Å². The predicted molar refractivity (Wildman–Crippen MR) is 79.3 cm³/mol. The Morgan fingerprint density at radius 2 is 2.16 bits per heavy atom. The molecule has 1 saturated carbocycles. The summed E-state index contributed by atoms with van der Waals surface area (Å²) in [7, 11) is 0. The Balaban J connectivity index is 1.80. The van der Waals surface area contributed by atoms with Crippen molar-refractivity contribution in [3.8, 4) is 5.75 Å². The van der Waals surface area contributed by atoms with Gasteiger partial charge in [0.2, 0.25) is 0 Å². The molecule has 0 unspecified atom stereocenters. The first kappa shape index (κ1) is 12.6. The zero-order valence-electron chi connectivity index (χ0n) is 10.7. The van der Waals surface area contributed by atoms with Crippen LogP contribution in [0.15, 0.2) is 22.6 Å². The molecule has 1 aliphatic heterocycles. The number of rotatable bonds is 3. The number of amidine groups is 1. The predicted octanol–water partition coefficient (Wildman–Crippen LogP) is 2.03. The van der Waals surface area contributed by atoms with E-state index in [0.29, 0.717) is 12.4 Å². The van der Waals surface area contributed by atoms with Crippen LogP contribution in [0.2, 0.25) is 0 Å². The van der Waals surface area contributed by atoms with E-state index >= 15 is 0 Å². The third kappa shape index (κ3) is 2.50. The van der Waals surface area contributed by atoms with Gasteiger partial charge in [0.15, 0.2) is 0 Å². The molecule has 1 aliphatic carbocycles. The number of benzene rings is 1. The molecule has 0 saturated heterocycles. The van der Waals surface area contributed by atoms with Gasteiger partial charge in [-0.05, 0) is 25.0 Å². The zero-order valence-corrected chi connectivity index (χ0v) is 11.5. The summed E-state index contributed by atoms with van der Waals surface area (Å²) in [4.78, 5) is 0. The van der Waals surface area contributed by atoms with Crippen LogP contribution in [0.5, 0.6) is 5.75 Å². The fourth-order valence-corrected chi connectivity index (χ4v) is 3.12. The topological polar surface area (TPSA) is 85.7 Å². The summed E-state index contributed by atoms with van der Waals surface area (Å²) >= 11 is 1.23. The second-order valence-corrected chi connectivity index (χ2v) is 5.78. The molecule has 5 nitrogen and oxygen atoms in total. The lowest BCUT2D eigenvalue weighted by molar-refractivity contribution is 0.220. The molecule has 0 amide bonds. The summed E-state index contributed by atoms with van der Waals surface area (Å²) in [6.07, 6.45) is 4.43. The molecule has 1 aromatic rings. The SMILES string of the molecule is NC1=NSNc2cccc(OCC3(N)CCCC3)c21. The molecule has 0 bridgehead atoms. The van der Waals surface area contributed by atoms with Gasteiger partial charge in [0.25, 0.3) is 0 Å². The number of anilines is 1. The van der Waals surface area contributed by atoms with E-state index in [-0.39, 0.29) is 5.54 Å². The molecular weight excluding hydrogens is 260 g/mol. The molecule has 0 atom stereocenters. The molecular formula is C13H18N4OS. The van der Waals surface area contributed by atoms with Gasteiger partial charge in [0.05, 0.1) is 28.9 Å². The van der Waals surface area contributed by atoms with E-state index in [0.717, 1.165) is 29.8 Å². The van der Waals surface area contributed by atoms with E-state index in [2.05, 4.69) is 9.12 Å². The molecule has 6 heteroatoms. The number of fused-ring (bicyclic) bond motifs is 1. The molecule has 19 heavy (non-hydrogen) atoms. The number of nitrogens with one attached hydrogen (secondary N) is 1. The van der Waals surface area contributed by atoms with Crippen molar-refractivity contribution in [3.63, 3.8) is 0 Å². The van der Waals surface area contributed by atoms with Crippen molar-refractivity contribution in [2.24, 2.45) is 15.9 Å². The van der Waals surface area contributed by atoms with E-state index in [1.807, 2.05) is 18.2 Å². The average Bonchev–Trinajstić information content (AvgIpc) is 2.84. The standard InChI is InChI=1S/C13H18N4OS/c14-12-11-9(16-19-17-12)4-3-5-10(11)18-8-13(15)6-1-2-7-13/h3-5,16H,1-2,6-8,15H2,(H2,14,17). The maximum Gasteiger partial charge on any atom is 0.146 e. The smallest absolute Gasteiger partial charge is 0.146 e. The van der Waals surface area contributed by atoms with Gasteiger partial charge in [0.1, 0.15) is 18.2 Å². The second-order valence-electron chi connectivity index (χ2n) is 5.21. The number of nitrogens with two attached hydrogens (primary N) is 2. The molecule has 3 rings (SSSR count). The zero-order chi connectivity index (χ0) is 13.3. The van der Waals surface area contributed by atoms with Gasteiger partial charge < -0.3 is 20.9 Å². The van der Waals surface area contributed by atoms with Gasteiger partial charge in [-0.3, -0.25) is 0 Å². The molecule has 2 aliphatic rings. The normalized spacial score (nSPS) is 20.4. The Bertz CT molecular complexity index is 511. The van der Waals surface area contributed by atoms with Crippen molar-refractivity contribution < 1.29 is 4.74 Å². The van der Waals surface area contributed by atoms with Crippen molar-refractivity contribution in [1.29, 1.82) is 0 Å². The van der Waals surface area contributed by atoms with Gasteiger partial charge in [-0.25, -0.2) is 0 Å². The number of ether oxygens (including phenoxy) is 1. The number of hydrogen-bond donors (Lipinski definition) is 3. The first-order valence-corrected chi connectivity index (χ1v) is 7.26. The molecule has 0 aromatic heterocycles. The fraction of sp³-hybridized carbons (Fsp3) is 0.462. The summed E-state index contributed by atoms with van der Waals surface area (Å²) in [6.45, 7) is 0.532. The van der Waals surface area contributed by atoms with Crippen molar-refractivity contribution >= 4 is 23.7 Å². The highest BCUT2D eigenvalue weighted by atomic mass is 32.2. The summed E-state index contributed by atoms with van der Waals surface area (Å²) in [5, 5.41) is 0. The summed E-state index contributed by atoms with van der Waals surface area (Å²) in [6, 6.07) is 5.82. The van der Waals surface area contributed by atoms with Crippen molar-refractivity contribution in [2.75, 3.05) is 11.3 Å². The first-order valence-electron chi connectivity index (χ1n) is 6.49. The van der Waals surface area contributed by atoms with Crippen molar-refractivity contribution in [2.45, 2.75) is 31.2 Å². The van der Waals surface area contributed by atoms with Crippen LogP contribution in [0.25, 0.3) is 0 Å². The van der Waals surface area contributed by atoms with E-state index in [4.69, 9.17) is 16.2 Å². The van der Waals surface area contributed by atoms with Crippen LogP contribution in [0, 0.1) is 0 Å². The molecule has 5 N–H and O–H groups in total. The first-order chi connectivity index (χ1) is 9.18.